The Morgan fingerprint density at radius 3 is 0.213 bits per heavy atom. The molecule has 0 radical (unpaired) electrons. The molecule has 0 saturated carbocycles. The molecule has 0 N–H and O–H groups in total. The van der Waals surface area contributed by atoms with Gasteiger partial charge in [-0.05, 0) is 0 Å². The Balaban J connectivity index is 15.9. The molecule has 0 fully saturated rings. The van der Waals surface area contributed by atoms with Gasteiger partial charge in [-0.25, -0.2) is 0 Å². The molecule has 0 aromatic carbocycles. The van der Waals surface area contributed by atoms with Gasteiger partial charge in [-0.3, -0.25) is 0 Å². The first kappa shape index (κ1) is 96.5. The number of hydrogen-bond acceptors (Lipinski definition) is 0. The van der Waals surface area contributed by atoms with E-state index in [2.05, 4.69) is 187 Å². The Labute approximate surface area is 614 Å². The van der Waals surface area contributed by atoms with Gasteiger partial charge in [0.05, 0.1) is 0 Å². The van der Waals surface area contributed by atoms with Crippen LogP contribution in [0.1, 0.15) is 360 Å². The molecule has 94 heavy (non-hydrogen) atoms. The summed E-state index contributed by atoms with van der Waals surface area (Å²) in [7, 11) is -21.8. The molecule has 0 saturated heterocycles. The first-order chi connectivity index (χ1) is 45.3. The van der Waals surface area contributed by atoms with Crippen molar-refractivity contribution in [3.8, 4) is 0 Å². The topological polar surface area (TPSA) is 0 Å². The minimum absolute atomic E-state index is 0.738. The Morgan fingerprint density at radius 2 is 0.170 bits per heavy atom. The molecule has 0 aliphatic rings. The van der Waals surface area contributed by atoms with Crippen molar-refractivity contribution >= 4 is 72.7 Å². The predicted octanol–water partition coefficient (Wildman–Crippen LogP) is 34.0. The van der Waals surface area contributed by atoms with Crippen LogP contribution in [-0.4, -0.2) is 72.7 Å². The van der Waals surface area contributed by atoms with E-state index in [1.54, 1.807) is 163 Å². The van der Waals surface area contributed by atoms with Crippen molar-refractivity contribution in [3.05, 3.63) is 0 Å². The molecular weight excluding hydrogens is 1310 g/mol. The van der Waals surface area contributed by atoms with Crippen LogP contribution in [0.5, 0.6) is 0 Å². The van der Waals surface area contributed by atoms with E-state index in [-0.39, 0.29) is 0 Å². The van der Waals surface area contributed by atoms with E-state index >= 15 is 0 Å². The van der Waals surface area contributed by atoms with Gasteiger partial charge in [-0.1, -0.05) is 0 Å². The van der Waals surface area contributed by atoms with E-state index in [4.69, 9.17) is 0 Å². The van der Waals surface area contributed by atoms with E-state index in [0.717, 1.165) is 9.44 Å². The molecule has 0 aromatic rings. The summed E-state index contributed by atoms with van der Waals surface area (Å²) in [5, 5.41) is 0. The number of hydrogen-bond donors (Lipinski definition) is 0. The molecule has 0 rings (SSSR count). The van der Waals surface area contributed by atoms with Gasteiger partial charge >= 0.3 is 620 Å². The molecule has 0 unspecified atom stereocenters. The van der Waals surface area contributed by atoms with Crippen LogP contribution in [-0.2, 0) is 14.1 Å². The molecule has 0 spiro atoms. The van der Waals surface area contributed by atoms with Crippen LogP contribution in [0, 0.1) is 0 Å². The van der Waals surface area contributed by atoms with Crippen LogP contribution >= 0.6 is 0 Å². The fourth-order valence-electron chi connectivity index (χ4n) is 28.7. The van der Waals surface area contributed by atoms with Crippen molar-refractivity contribution in [2.75, 3.05) is 0 Å². The molecule has 567 valence electrons. The van der Waals surface area contributed by atoms with E-state index in [0.29, 0.717) is 0 Å². The van der Waals surface area contributed by atoms with Gasteiger partial charge in [0.2, 0.25) is 0 Å². The van der Waals surface area contributed by atoms with Crippen LogP contribution < -0.4 is 0 Å². The summed E-state index contributed by atoms with van der Waals surface area (Å²) in [5.41, 5.74) is 0. The van der Waals surface area contributed by atoms with Crippen LogP contribution in [0.3, 0.4) is 0 Å². The van der Waals surface area contributed by atoms with Crippen LogP contribution in [0.15, 0.2) is 0 Å². The molecule has 0 aliphatic carbocycles. The van der Waals surface area contributed by atoms with Crippen molar-refractivity contribution in [2.24, 2.45) is 0 Å². The molecule has 0 heterocycles. The van der Waals surface area contributed by atoms with Crippen molar-refractivity contribution in [1.29, 1.82) is 0 Å². The van der Waals surface area contributed by atoms with Crippen molar-refractivity contribution in [2.45, 2.75) is 533 Å². The molecular formula is C84H189CrSi9. The molecule has 0 aromatic heterocycles. The van der Waals surface area contributed by atoms with Gasteiger partial charge in [-0.15, -0.1) is 0 Å². The summed E-state index contributed by atoms with van der Waals surface area (Å²) < 4.78 is 2.21. The summed E-state index contributed by atoms with van der Waals surface area (Å²) >= 11 is -2.06. The average Bonchev–Trinajstić information content (AvgIpc) is 0.622. The Hall–Kier alpha value is 2.48. The van der Waals surface area contributed by atoms with E-state index < -0.39 is 86.8 Å². The predicted molar refractivity (Wildman–Crippen MR) is 468 cm³/mol. The molecule has 0 amide bonds. The zero-order chi connectivity index (χ0) is 71.8. The van der Waals surface area contributed by atoms with Gasteiger partial charge in [0, 0.05) is 0 Å². The van der Waals surface area contributed by atoms with Crippen LogP contribution in [0.2, 0.25) is 173 Å². The second-order valence-electron chi connectivity index (χ2n) is 34.1. The summed E-state index contributed by atoms with van der Waals surface area (Å²) in [4.78, 5) is 0. The van der Waals surface area contributed by atoms with Gasteiger partial charge in [-0.2, -0.15) is 0 Å². The summed E-state index contributed by atoms with van der Waals surface area (Å²) in [5.74, 6) is 0. The van der Waals surface area contributed by atoms with Gasteiger partial charge in [0.25, 0.3) is 0 Å². The number of rotatable bonds is 66. The second-order valence-corrected chi connectivity index (χ2v) is 91.1. The Kier molecular flexibility index (Phi) is 50.6. The zero-order valence-electron chi connectivity index (χ0n) is 71.6. The normalized spacial score (nSPS) is 14.2. The van der Waals surface area contributed by atoms with Gasteiger partial charge in [0.1, 0.15) is 0 Å². The Morgan fingerprint density at radius 1 is 0.117 bits per heavy atom. The van der Waals surface area contributed by atoms with Crippen molar-refractivity contribution < 1.29 is 14.1 Å². The molecule has 0 aliphatic heterocycles. The van der Waals surface area contributed by atoms with E-state index in [1.807, 2.05) is 0 Å². The van der Waals surface area contributed by atoms with E-state index in [1.165, 1.54) is 173 Å². The third kappa shape index (κ3) is 18.8. The van der Waals surface area contributed by atoms with Crippen LogP contribution in [0.25, 0.3) is 0 Å². The molecule has 0 nitrogen and oxygen atoms in total. The van der Waals surface area contributed by atoms with Crippen molar-refractivity contribution in [3.63, 3.8) is 0 Å². The second kappa shape index (κ2) is 49.3. The fraction of sp³-hybridized carbons (Fsp3) is 1.00. The Bertz CT molecular complexity index is 1280. The molecule has 0 atom stereocenters. The first-order valence-electron chi connectivity index (χ1n) is 45.0. The summed E-state index contributed by atoms with van der Waals surface area (Å²) in [6.07, 6.45) is 41.0. The third-order valence-corrected chi connectivity index (χ3v) is 137. The maximum atomic E-state index is 2.93. The fourth-order valence-corrected chi connectivity index (χ4v) is 192. The molecule has 0 bridgehead atoms. The summed E-state index contributed by atoms with van der Waals surface area (Å²) in [6.45, 7) is 79.0. The SMILES string of the molecule is CCC[Si](CCC)(CCC)[C]([Cr]([C]([Si](CCC)(CCC)CCC)([Si](CCC)(CCC)CCC)[Si](CCC)(CCC)CCC)[C]([Si](CCC)(CCC)CCC)([Si](CCC)(CCC)CCC)[Si](CCC)(CCC)CCC)([Si](CCC)(CCC)CCC)[Si](CCC)(CCC)CCC. The zero-order valence-corrected chi connectivity index (χ0v) is 81.9. The van der Waals surface area contributed by atoms with Gasteiger partial charge < -0.3 is 0 Å². The minimum atomic E-state index is -2.43. The van der Waals surface area contributed by atoms with Crippen molar-refractivity contribution in [1.82, 2.24) is 0 Å². The summed E-state index contributed by atoms with van der Waals surface area (Å²) in [6, 6.07) is 47.5. The first-order valence-corrected chi connectivity index (χ1v) is 70.5. The quantitative estimate of drug-likeness (QED) is 0.0533. The average molecular weight is 1500 g/mol. The third-order valence-electron chi connectivity index (χ3n) is 27.3. The standard InChI is InChI=1S/3C28H63Si3.Cr/c3*1-10-19-29(20-11-2,21-12-3)28(30(22-13-4,23-14-5)24-15-6)31(25-16-7,26-17-8)27-18-9;/h3*10-27H2,1-9H3;. The van der Waals surface area contributed by atoms with E-state index in [9.17, 15) is 0 Å². The van der Waals surface area contributed by atoms with Gasteiger partial charge in [0.15, 0.2) is 0 Å². The monoisotopic (exact) mass is 1500 g/mol. The maximum absolute atomic E-state index is 2.93. The molecule has 10 heteroatoms. The van der Waals surface area contributed by atoms with Crippen LogP contribution in [0.4, 0.5) is 0 Å².